The van der Waals surface area contributed by atoms with Crippen LogP contribution in [0.15, 0.2) is 29.5 Å². The van der Waals surface area contributed by atoms with E-state index in [1.165, 1.54) is 0 Å². The van der Waals surface area contributed by atoms with Crippen LogP contribution >= 0.6 is 0 Å². The molecule has 0 saturated heterocycles. The van der Waals surface area contributed by atoms with Crippen molar-refractivity contribution >= 4 is 16.9 Å². The van der Waals surface area contributed by atoms with E-state index >= 15 is 0 Å². The van der Waals surface area contributed by atoms with Gasteiger partial charge in [0.1, 0.15) is 5.84 Å². The largest absolute Gasteiger partial charge is 0.383 e. The Morgan fingerprint density at radius 2 is 2.27 bits per heavy atom. The summed E-state index contributed by atoms with van der Waals surface area (Å²) in [7, 11) is 0. The first kappa shape index (κ1) is 9.71. The Bertz CT molecular complexity index is 496. The molecule has 0 radical (unpaired) electrons. The van der Waals surface area contributed by atoms with Crippen LogP contribution in [-0.4, -0.2) is 21.8 Å². The van der Waals surface area contributed by atoms with Crippen LogP contribution in [0.1, 0.15) is 19.4 Å². The number of nitrogens with one attached hydrogen (secondary N) is 1. The molecular weight excluding hydrogens is 188 g/mol. The monoisotopic (exact) mass is 202 g/mol. The minimum absolute atomic E-state index is 0.211. The van der Waals surface area contributed by atoms with Gasteiger partial charge >= 0.3 is 0 Å². The van der Waals surface area contributed by atoms with Gasteiger partial charge in [-0.1, -0.05) is 0 Å². The molecule has 1 aromatic carbocycles. The molecule has 0 unspecified atom stereocenters. The van der Waals surface area contributed by atoms with E-state index < -0.39 is 0 Å². The number of hydrogen-bond acceptors (Lipinski definition) is 2. The topological polar surface area (TPSA) is 67.1 Å². The molecule has 2 aromatic rings. The Labute approximate surface area is 88.2 Å². The van der Waals surface area contributed by atoms with Crippen LogP contribution in [0.25, 0.3) is 11.0 Å². The van der Waals surface area contributed by atoms with Crippen molar-refractivity contribution in [2.45, 2.75) is 19.9 Å². The highest BCUT2D eigenvalue weighted by Crippen LogP contribution is 2.11. The van der Waals surface area contributed by atoms with E-state index in [0.29, 0.717) is 5.84 Å². The van der Waals surface area contributed by atoms with Gasteiger partial charge in [-0.2, -0.15) is 0 Å². The van der Waals surface area contributed by atoms with Gasteiger partial charge in [-0.3, -0.25) is 4.99 Å². The van der Waals surface area contributed by atoms with Crippen molar-refractivity contribution in [2.75, 3.05) is 0 Å². The second-order valence-corrected chi connectivity index (χ2v) is 3.74. The molecule has 1 heterocycles. The molecular formula is C11H14N4. The van der Waals surface area contributed by atoms with E-state index in [9.17, 15) is 0 Å². The summed E-state index contributed by atoms with van der Waals surface area (Å²) in [5, 5.41) is 0. The molecule has 0 amide bonds. The van der Waals surface area contributed by atoms with Gasteiger partial charge in [-0.05, 0) is 32.0 Å². The van der Waals surface area contributed by atoms with E-state index in [2.05, 4.69) is 15.0 Å². The van der Waals surface area contributed by atoms with Crippen molar-refractivity contribution in [2.24, 2.45) is 10.7 Å². The molecule has 3 N–H and O–H groups in total. The summed E-state index contributed by atoms with van der Waals surface area (Å²) in [5.74, 6) is 0.571. The molecule has 0 aliphatic rings. The molecule has 15 heavy (non-hydrogen) atoms. The summed E-state index contributed by atoms with van der Waals surface area (Å²) in [5.41, 5.74) is 8.72. The molecule has 2 rings (SSSR count). The molecule has 78 valence electrons. The SMILES string of the molecule is CC(C)N=C(N)c1ccc2nc[nH]c2c1. The first-order valence-corrected chi connectivity index (χ1v) is 4.93. The zero-order valence-corrected chi connectivity index (χ0v) is 8.86. The smallest absolute Gasteiger partial charge is 0.125 e. The van der Waals surface area contributed by atoms with Crippen LogP contribution in [0.5, 0.6) is 0 Å². The number of hydrogen-bond donors (Lipinski definition) is 2. The first-order valence-electron chi connectivity index (χ1n) is 4.93. The Hall–Kier alpha value is -1.84. The van der Waals surface area contributed by atoms with Gasteiger partial charge < -0.3 is 10.7 Å². The van der Waals surface area contributed by atoms with Crippen molar-refractivity contribution < 1.29 is 0 Å². The lowest BCUT2D eigenvalue weighted by atomic mass is 10.2. The second kappa shape index (κ2) is 3.73. The average Bonchev–Trinajstić information content (AvgIpc) is 2.62. The molecule has 4 heteroatoms. The second-order valence-electron chi connectivity index (χ2n) is 3.74. The van der Waals surface area contributed by atoms with E-state index in [0.717, 1.165) is 16.6 Å². The van der Waals surface area contributed by atoms with Crippen LogP contribution in [0.2, 0.25) is 0 Å². The van der Waals surface area contributed by atoms with Crippen LogP contribution in [-0.2, 0) is 0 Å². The molecule has 0 spiro atoms. The Morgan fingerprint density at radius 1 is 1.47 bits per heavy atom. The zero-order valence-electron chi connectivity index (χ0n) is 8.86. The quantitative estimate of drug-likeness (QED) is 0.574. The molecule has 0 aliphatic heterocycles. The Balaban J connectivity index is 2.43. The molecule has 0 aliphatic carbocycles. The van der Waals surface area contributed by atoms with Gasteiger partial charge in [0.25, 0.3) is 0 Å². The van der Waals surface area contributed by atoms with Gasteiger partial charge in [-0.25, -0.2) is 4.98 Å². The summed E-state index contributed by atoms with van der Waals surface area (Å²) in [6, 6.07) is 6.04. The minimum Gasteiger partial charge on any atom is -0.383 e. The summed E-state index contributed by atoms with van der Waals surface area (Å²) in [4.78, 5) is 11.5. The number of rotatable bonds is 2. The predicted molar refractivity (Wildman–Crippen MR) is 62.0 cm³/mol. The number of fused-ring (bicyclic) bond motifs is 1. The number of amidine groups is 1. The first-order chi connectivity index (χ1) is 7.16. The molecule has 0 saturated carbocycles. The predicted octanol–water partition coefficient (Wildman–Crippen LogP) is 1.68. The van der Waals surface area contributed by atoms with Crippen LogP contribution in [0.3, 0.4) is 0 Å². The lowest BCUT2D eigenvalue weighted by molar-refractivity contribution is 0.834. The van der Waals surface area contributed by atoms with Crippen molar-refractivity contribution in [3.63, 3.8) is 0 Å². The maximum atomic E-state index is 5.87. The lowest BCUT2D eigenvalue weighted by Crippen LogP contribution is -2.15. The fourth-order valence-corrected chi connectivity index (χ4v) is 1.45. The Kier molecular flexibility index (Phi) is 2.41. The number of benzene rings is 1. The highest BCUT2D eigenvalue weighted by Gasteiger charge is 2.02. The van der Waals surface area contributed by atoms with E-state index in [-0.39, 0.29) is 6.04 Å². The lowest BCUT2D eigenvalue weighted by Gasteiger charge is -2.03. The maximum Gasteiger partial charge on any atom is 0.125 e. The van der Waals surface area contributed by atoms with E-state index in [1.54, 1.807) is 6.33 Å². The number of aliphatic imine (C=N–C) groups is 1. The van der Waals surface area contributed by atoms with Crippen molar-refractivity contribution in [3.8, 4) is 0 Å². The summed E-state index contributed by atoms with van der Waals surface area (Å²) in [6.07, 6.45) is 1.67. The summed E-state index contributed by atoms with van der Waals surface area (Å²) < 4.78 is 0. The summed E-state index contributed by atoms with van der Waals surface area (Å²) >= 11 is 0. The molecule has 0 bridgehead atoms. The summed E-state index contributed by atoms with van der Waals surface area (Å²) in [6.45, 7) is 4.00. The number of aromatic nitrogens is 2. The normalized spacial score (nSPS) is 12.6. The Morgan fingerprint density at radius 3 is 3.00 bits per heavy atom. The number of nitrogens with zero attached hydrogens (tertiary/aromatic N) is 2. The molecule has 0 fully saturated rings. The third kappa shape index (κ3) is 1.98. The van der Waals surface area contributed by atoms with Crippen molar-refractivity contribution in [1.29, 1.82) is 0 Å². The maximum absolute atomic E-state index is 5.87. The fraction of sp³-hybridized carbons (Fsp3) is 0.273. The number of imidazole rings is 1. The van der Waals surface area contributed by atoms with Gasteiger partial charge in [0.2, 0.25) is 0 Å². The third-order valence-corrected chi connectivity index (χ3v) is 2.11. The zero-order chi connectivity index (χ0) is 10.8. The fourth-order valence-electron chi connectivity index (χ4n) is 1.45. The van der Waals surface area contributed by atoms with Gasteiger partial charge in [0, 0.05) is 11.6 Å². The number of H-pyrrole nitrogens is 1. The van der Waals surface area contributed by atoms with Crippen molar-refractivity contribution in [1.82, 2.24) is 9.97 Å². The molecule has 4 nitrogen and oxygen atoms in total. The highest BCUT2D eigenvalue weighted by atomic mass is 14.9. The third-order valence-electron chi connectivity index (χ3n) is 2.11. The van der Waals surface area contributed by atoms with Gasteiger partial charge in [0.15, 0.2) is 0 Å². The van der Waals surface area contributed by atoms with Crippen molar-refractivity contribution in [3.05, 3.63) is 30.1 Å². The highest BCUT2D eigenvalue weighted by molar-refractivity contribution is 6.00. The van der Waals surface area contributed by atoms with E-state index in [4.69, 9.17) is 5.73 Å². The van der Waals surface area contributed by atoms with E-state index in [1.807, 2.05) is 32.0 Å². The molecule has 1 aromatic heterocycles. The number of aromatic amines is 1. The van der Waals surface area contributed by atoms with Crippen LogP contribution in [0, 0.1) is 0 Å². The van der Waals surface area contributed by atoms with Gasteiger partial charge in [0.05, 0.1) is 17.4 Å². The molecule has 0 atom stereocenters. The number of nitrogens with two attached hydrogens (primary N) is 1. The van der Waals surface area contributed by atoms with Crippen LogP contribution in [0.4, 0.5) is 0 Å². The average molecular weight is 202 g/mol. The van der Waals surface area contributed by atoms with Gasteiger partial charge in [-0.15, -0.1) is 0 Å². The minimum atomic E-state index is 0.211. The van der Waals surface area contributed by atoms with Crippen LogP contribution < -0.4 is 5.73 Å². The standard InChI is InChI=1S/C11H14N4/c1-7(2)15-11(12)8-3-4-9-10(5-8)14-6-13-9/h3-7H,1-2H3,(H2,12,15)(H,13,14).